The second-order valence-electron chi connectivity index (χ2n) is 4.68. The van der Waals surface area contributed by atoms with Gasteiger partial charge in [0.25, 0.3) is 0 Å². The number of benzene rings is 1. The molecule has 0 fully saturated rings. The summed E-state index contributed by atoms with van der Waals surface area (Å²) in [6, 6.07) is 10.1. The van der Waals surface area contributed by atoms with E-state index in [1.165, 1.54) is 4.88 Å². The van der Waals surface area contributed by atoms with Crippen LogP contribution in [0.5, 0.6) is 5.75 Å². The normalized spacial score (nSPS) is 10.9. The van der Waals surface area contributed by atoms with Crippen LogP contribution in [-0.2, 0) is 13.1 Å². The predicted molar refractivity (Wildman–Crippen MR) is 86.1 cm³/mol. The molecule has 0 amide bonds. The second-order valence-corrected chi connectivity index (χ2v) is 5.72. The lowest BCUT2D eigenvalue weighted by Crippen LogP contribution is -2.22. The van der Waals surface area contributed by atoms with Crippen molar-refractivity contribution in [3.8, 4) is 5.75 Å². The lowest BCUT2D eigenvalue weighted by molar-refractivity contribution is 0.264. The van der Waals surface area contributed by atoms with Crippen molar-refractivity contribution in [2.24, 2.45) is 0 Å². The number of ether oxygens (including phenoxy) is 1. The maximum Gasteiger partial charge on any atom is 0.123 e. The number of anilines is 1. The number of nitrogens with two attached hydrogens (primary N) is 1. The summed E-state index contributed by atoms with van der Waals surface area (Å²) in [5, 5.41) is 2.12. The van der Waals surface area contributed by atoms with Gasteiger partial charge in [0.05, 0.1) is 6.61 Å². The van der Waals surface area contributed by atoms with Crippen molar-refractivity contribution in [2.75, 3.05) is 18.9 Å². The first kappa shape index (κ1) is 14.9. The molecular weight excluding hydrogens is 268 g/mol. The van der Waals surface area contributed by atoms with Gasteiger partial charge in [-0.1, -0.05) is 13.0 Å². The number of thiophene rings is 1. The van der Waals surface area contributed by atoms with E-state index in [9.17, 15) is 0 Å². The highest BCUT2D eigenvalue weighted by Gasteiger charge is 2.10. The number of nitrogen functional groups attached to an aromatic ring is 1. The van der Waals surface area contributed by atoms with Crippen LogP contribution < -0.4 is 10.5 Å². The van der Waals surface area contributed by atoms with Crippen LogP contribution in [0.25, 0.3) is 0 Å². The zero-order valence-electron chi connectivity index (χ0n) is 12.1. The SMILES string of the molecule is CCOc1ccc(N)cc1CN(CC)Cc1cccs1. The van der Waals surface area contributed by atoms with Gasteiger partial charge in [-0.05, 0) is 43.1 Å². The van der Waals surface area contributed by atoms with E-state index in [2.05, 4.69) is 29.3 Å². The van der Waals surface area contributed by atoms with Gasteiger partial charge in [-0.3, -0.25) is 4.90 Å². The Morgan fingerprint density at radius 3 is 2.70 bits per heavy atom. The standard InChI is InChI=1S/C16H22N2OS/c1-3-18(12-15-6-5-9-20-15)11-13-10-14(17)7-8-16(13)19-4-2/h5-10H,3-4,11-12,17H2,1-2H3. The van der Waals surface area contributed by atoms with Crippen LogP contribution in [-0.4, -0.2) is 18.1 Å². The van der Waals surface area contributed by atoms with Crippen LogP contribution in [0.2, 0.25) is 0 Å². The predicted octanol–water partition coefficient (Wildman–Crippen LogP) is 3.75. The molecule has 0 radical (unpaired) electrons. The largest absolute Gasteiger partial charge is 0.494 e. The van der Waals surface area contributed by atoms with Crippen molar-refractivity contribution >= 4 is 17.0 Å². The van der Waals surface area contributed by atoms with Crippen LogP contribution in [0.4, 0.5) is 5.69 Å². The Balaban J connectivity index is 2.11. The summed E-state index contributed by atoms with van der Waals surface area (Å²) in [6.07, 6.45) is 0. The molecule has 0 aliphatic heterocycles. The highest BCUT2D eigenvalue weighted by Crippen LogP contribution is 2.24. The molecule has 2 aromatic rings. The van der Waals surface area contributed by atoms with Crippen LogP contribution in [0.1, 0.15) is 24.3 Å². The van der Waals surface area contributed by atoms with Gasteiger partial charge in [-0.15, -0.1) is 11.3 Å². The number of hydrogen-bond acceptors (Lipinski definition) is 4. The molecular formula is C16H22N2OS. The van der Waals surface area contributed by atoms with Crippen molar-refractivity contribution in [3.63, 3.8) is 0 Å². The summed E-state index contributed by atoms with van der Waals surface area (Å²) < 4.78 is 5.69. The van der Waals surface area contributed by atoms with E-state index in [1.54, 1.807) is 11.3 Å². The van der Waals surface area contributed by atoms with E-state index in [1.807, 2.05) is 25.1 Å². The molecule has 3 nitrogen and oxygen atoms in total. The van der Waals surface area contributed by atoms with Gasteiger partial charge in [0.1, 0.15) is 5.75 Å². The van der Waals surface area contributed by atoms with Crippen molar-refractivity contribution in [3.05, 3.63) is 46.2 Å². The summed E-state index contributed by atoms with van der Waals surface area (Å²) in [4.78, 5) is 3.78. The fraction of sp³-hybridized carbons (Fsp3) is 0.375. The molecule has 2 N–H and O–H groups in total. The van der Waals surface area contributed by atoms with Gasteiger partial charge in [0.2, 0.25) is 0 Å². The summed E-state index contributed by atoms with van der Waals surface area (Å²) in [6.45, 7) is 7.68. The highest BCUT2D eigenvalue weighted by atomic mass is 32.1. The molecule has 1 heterocycles. The van der Waals surface area contributed by atoms with E-state index >= 15 is 0 Å². The van der Waals surface area contributed by atoms with Crippen molar-refractivity contribution in [1.82, 2.24) is 4.90 Å². The van der Waals surface area contributed by atoms with Crippen molar-refractivity contribution in [2.45, 2.75) is 26.9 Å². The van der Waals surface area contributed by atoms with Gasteiger partial charge in [-0.2, -0.15) is 0 Å². The average Bonchev–Trinajstić information content (AvgIpc) is 2.94. The lowest BCUT2D eigenvalue weighted by Gasteiger charge is -2.21. The maximum atomic E-state index is 5.90. The van der Waals surface area contributed by atoms with E-state index in [-0.39, 0.29) is 0 Å². The first-order valence-corrected chi connectivity index (χ1v) is 7.86. The average molecular weight is 290 g/mol. The molecule has 0 spiro atoms. The molecule has 20 heavy (non-hydrogen) atoms. The number of rotatable bonds is 7. The molecule has 2 rings (SSSR count). The van der Waals surface area contributed by atoms with Crippen molar-refractivity contribution < 1.29 is 4.74 Å². The smallest absolute Gasteiger partial charge is 0.123 e. The molecule has 1 aromatic carbocycles. The first-order valence-electron chi connectivity index (χ1n) is 6.98. The summed E-state index contributed by atoms with van der Waals surface area (Å²) in [5.41, 5.74) is 7.85. The Kier molecular flexibility index (Phi) is 5.44. The minimum atomic E-state index is 0.675. The van der Waals surface area contributed by atoms with Gasteiger partial charge >= 0.3 is 0 Å². The van der Waals surface area contributed by atoms with Gasteiger partial charge in [-0.25, -0.2) is 0 Å². The Hall–Kier alpha value is -1.52. The van der Waals surface area contributed by atoms with E-state index < -0.39 is 0 Å². The molecule has 108 valence electrons. The fourth-order valence-corrected chi connectivity index (χ4v) is 2.91. The highest BCUT2D eigenvalue weighted by molar-refractivity contribution is 7.09. The molecule has 0 aliphatic rings. The number of hydrogen-bond donors (Lipinski definition) is 1. The zero-order valence-corrected chi connectivity index (χ0v) is 13.0. The Labute approximate surface area is 125 Å². The first-order chi connectivity index (χ1) is 9.72. The van der Waals surface area contributed by atoms with Crippen LogP contribution >= 0.6 is 11.3 Å². The van der Waals surface area contributed by atoms with Crippen molar-refractivity contribution in [1.29, 1.82) is 0 Å². The molecule has 0 saturated carbocycles. The monoisotopic (exact) mass is 290 g/mol. The third kappa shape index (κ3) is 3.99. The molecule has 1 aromatic heterocycles. The maximum absolute atomic E-state index is 5.90. The molecule has 0 atom stereocenters. The molecule has 0 unspecified atom stereocenters. The minimum absolute atomic E-state index is 0.675. The van der Waals surface area contributed by atoms with Crippen LogP contribution in [0.3, 0.4) is 0 Å². The Morgan fingerprint density at radius 1 is 1.20 bits per heavy atom. The molecule has 0 aliphatic carbocycles. The van der Waals surface area contributed by atoms with E-state index in [0.717, 1.165) is 36.6 Å². The summed E-state index contributed by atoms with van der Waals surface area (Å²) >= 11 is 1.80. The minimum Gasteiger partial charge on any atom is -0.494 e. The van der Waals surface area contributed by atoms with Gasteiger partial charge < -0.3 is 10.5 Å². The van der Waals surface area contributed by atoms with Gasteiger partial charge in [0, 0.05) is 29.2 Å². The topological polar surface area (TPSA) is 38.5 Å². The van der Waals surface area contributed by atoms with E-state index in [4.69, 9.17) is 10.5 Å². The fourth-order valence-electron chi connectivity index (χ4n) is 2.16. The Bertz CT molecular complexity index is 525. The number of nitrogens with zero attached hydrogens (tertiary/aromatic N) is 1. The van der Waals surface area contributed by atoms with Crippen LogP contribution in [0, 0.1) is 0 Å². The van der Waals surface area contributed by atoms with Gasteiger partial charge in [0.15, 0.2) is 0 Å². The second kappa shape index (κ2) is 7.31. The third-order valence-electron chi connectivity index (χ3n) is 3.19. The Morgan fingerprint density at radius 2 is 2.05 bits per heavy atom. The molecule has 4 heteroatoms. The molecule has 0 saturated heterocycles. The summed E-state index contributed by atoms with van der Waals surface area (Å²) in [5.74, 6) is 0.936. The third-order valence-corrected chi connectivity index (χ3v) is 4.05. The van der Waals surface area contributed by atoms with E-state index in [0.29, 0.717) is 6.61 Å². The lowest BCUT2D eigenvalue weighted by atomic mass is 10.1. The summed E-state index contributed by atoms with van der Waals surface area (Å²) in [7, 11) is 0. The zero-order chi connectivity index (χ0) is 14.4. The quantitative estimate of drug-likeness (QED) is 0.789. The van der Waals surface area contributed by atoms with Crippen LogP contribution in [0.15, 0.2) is 35.7 Å². The molecule has 0 bridgehead atoms.